The van der Waals surface area contributed by atoms with Crippen molar-refractivity contribution in [2.45, 2.75) is 61.7 Å². The molecule has 2 unspecified atom stereocenters. The van der Waals surface area contributed by atoms with Crippen molar-refractivity contribution in [3.63, 3.8) is 0 Å². The number of ether oxygens (including phenoxy) is 2. The molecule has 1 heterocycles. The number of esters is 2. The highest BCUT2D eigenvalue weighted by atomic mass is 35.5. The predicted molar refractivity (Wildman–Crippen MR) is 132 cm³/mol. The summed E-state index contributed by atoms with van der Waals surface area (Å²) >= 11 is 14.4. The van der Waals surface area contributed by atoms with Gasteiger partial charge in [-0.3, -0.25) is 9.59 Å². The Bertz CT molecular complexity index is 813. The lowest BCUT2D eigenvalue weighted by Gasteiger charge is -2.21. The van der Waals surface area contributed by atoms with E-state index in [1.165, 1.54) is 6.92 Å². The fourth-order valence-corrected chi connectivity index (χ4v) is 5.84. The third-order valence-corrected chi connectivity index (χ3v) is 7.36. The molecule has 1 aliphatic carbocycles. The fraction of sp³-hybridized carbons (Fsp3) is 0.609. The molecule has 0 saturated heterocycles. The van der Waals surface area contributed by atoms with Crippen LogP contribution in [0.3, 0.4) is 0 Å². The van der Waals surface area contributed by atoms with Crippen molar-refractivity contribution in [2.75, 3.05) is 19.0 Å². The zero-order valence-electron chi connectivity index (χ0n) is 18.8. The quantitative estimate of drug-likeness (QED) is 0.0774. The number of allylic oxidation sites excluding steroid dienone is 2. The van der Waals surface area contributed by atoms with Crippen LogP contribution in [0.5, 0.6) is 0 Å². The van der Waals surface area contributed by atoms with Gasteiger partial charge in [-0.05, 0) is 43.2 Å². The van der Waals surface area contributed by atoms with Crippen LogP contribution in [0.1, 0.15) is 44.7 Å². The number of rotatable bonds is 13. The normalized spacial score (nSPS) is 22.5. The summed E-state index contributed by atoms with van der Waals surface area (Å²) in [6.45, 7) is 1.34. The molecule has 6 nitrogen and oxygen atoms in total. The van der Waals surface area contributed by atoms with Gasteiger partial charge in [0.1, 0.15) is 18.4 Å². The molecule has 2 radical (unpaired) electrons. The van der Waals surface area contributed by atoms with E-state index < -0.39 is 0 Å². The van der Waals surface area contributed by atoms with E-state index in [-0.39, 0.29) is 48.9 Å². The molecule has 180 valence electrons. The largest absolute Gasteiger partial charge is 0.463 e. The highest BCUT2D eigenvalue weighted by Gasteiger charge is 2.38. The minimum atomic E-state index is -0.367. The van der Waals surface area contributed by atoms with Crippen LogP contribution < -0.4 is 0 Å². The van der Waals surface area contributed by atoms with Gasteiger partial charge in [0.25, 0.3) is 0 Å². The number of pyridine rings is 1. The van der Waals surface area contributed by atoms with E-state index >= 15 is 0 Å². The van der Waals surface area contributed by atoms with E-state index in [4.69, 9.17) is 45.6 Å². The maximum absolute atomic E-state index is 11.4. The first kappa shape index (κ1) is 28.0. The number of hydrogen-bond donors (Lipinski definition) is 1. The average molecular weight is 514 g/mol. The Balaban J connectivity index is 1.84. The first-order chi connectivity index (χ1) is 15.8. The Kier molecular flexibility index (Phi) is 12.7. The Morgan fingerprint density at radius 1 is 1.33 bits per heavy atom. The van der Waals surface area contributed by atoms with Gasteiger partial charge in [-0.2, -0.15) is 0 Å². The van der Waals surface area contributed by atoms with Gasteiger partial charge in [0.05, 0.1) is 20.1 Å². The first-order valence-electron chi connectivity index (χ1n) is 11.0. The summed E-state index contributed by atoms with van der Waals surface area (Å²) in [4.78, 5) is 27.6. The second-order valence-corrected chi connectivity index (χ2v) is 10.0. The smallest absolute Gasteiger partial charge is 0.305 e. The number of thioether (sulfide) groups is 1. The molecule has 1 aromatic heterocycles. The van der Waals surface area contributed by atoms with E-state index in [0.29, 0.717) is 29.6 Å². The third-order valence-electron chi connectivity index (χ3n) is 5.40. The third kappa shape index (κ3) is 10.3. The van der Waals surface area contributed by atoms with E-state index in [1.54, 1.807) is 17.8 Å². The van der Waals surface area contributed by atoms with Crippen LogP contribution in [-0.4, -0.2) is 54.2 Å². The summed E-state index contributed by atoms with van der Waals surface area (Å²) in [5, 5.41) is 8.91. The number of hydrogen-bond acceptors (Lipinski definition) is 7. The van der Waals surface area contributed by atoms with Crippen molar-refractivity contribution in [3.8, 4) is 0 Å². The number of aromatic nitrogens is 1. The minimum absolute atomic E-state index is 0.0440. The predicted octanol–water partition coefficient (Wildman–Crippen LogP) is 4.74. The van der Waals surface area contributed by atoms with Gasteiger partial charge in [0.15, 0.2) is 0 Å². The van der Waals surface area contributed by atoms with Crippen molar-refractivity contribution < 1.29 is 24.2 Å². The summed E-state index contributed by atoms with van der Waals surface area (Å²) in [6, 6.07) is 3.67. The van der Waals surface area contributed by atoms with Crippen LogP contribution in [0.15, 0.2) is 29.2 Å². The molecule has 1 aromatic rings. The number of nitrogens with zero attached hydrogens (tertiary/aromatic N) is 1. The lowest BCUT2D eigenvalue weighted by Crippen LogP contribution is -2.19. The lowest BCUT2D eigenvalue weighted by atomic mass is 9.85. The highest BCUT2D eigenvalue weighted by Crippen LogP contribution is 2.46. The number of unbranched alkanes of at least 4 members (excludes halogenated alkanes) is 1. The van der Waals surface area contributed by atoms with Crippen LogP contribution in [0.25, 0.3) is 0 Å². The zero-order valence-corrected chi connectivity index (χ0v) is 21.1. The van der Waals surface area contributed by atoms with Gasteiger partial charge < -0.3 is 14.6 Å². The number of aliphatic hydroxyl groups is 1. The standard InChI is InChI=1S/C23H30BCl2NO5S/c1-15(29)32-13-17-11-18(12-21(25)27-17)33-14-19-16(10-20(24)23(19)26)6-4-2-3-5-7-22(30)31-9-8-28/h2,4,11-12,16,19-20,23,28H,3,5-10,13-14H2,1H3/b4-2-/t16-,19+,20?,23?/m0/s1. The molecule has 1 saturated carbocycles. The average Bonchev–Trinajstić information content (AvgIpc) is 3.04. The molecule has 4 atom stereocenters. The Morgan fingerprint density at radius 2 is 2.12 bits per heavy atom. The van der Waals surface area contributed by atoms with Crippen LogP contribution in [0, 0.1) is 11.8 Å². The molecular weight excluding hydrogens is 484 g/mol. The summed E-state index contributed by atoms with van der Waals surface area (Å²) < 4.78 is 9.86. The van der Waals surface area contributed by atoms with Crippen LogP contribution in [-0.2, 0) is 25.7 Å². The summed E-state index contributed by atoms with van der Waals surface area (Å²) in [7, 11) is 6.26. The molecule has 0 bridgehead atoms. The molecule has 1 aliphatic rings. The van der Waals surface area contributed by atoms with Gasteiger partial charge >= 0.3 is 11.9 Å². The Morgan fingerprint density at radius 3 is 2.85 bits per heavy atom. The first-order valence-corrected chi connectivity index (χ1v) is 12.8. The molecular formula is C23H30BCl2NO5S. The zero-order chi connectivity index (χ0) is 24.2. The van der Waals surface area contributed by atoms with Crippen molar-refractivity contribution in [2.24, 2.45) is 11.8 Å². The number of alkyl halides is 1. The molecule has 10 heteroatoms. The SMILES string of the molecule is [B]C1C[C@H](C/C=C\CCCC(=O)OCCO)[C@@H](CSc2cc(Cl)nc(COC(C)=O)c2)C1Cl. The van der Waals surface area contributed by atoms with Crippen LogP contribution in [0.2, 0.25) is 11.0 Å². The minimum Gasteiger partial charge on any atom is -0.463 e. The summed E-state index contributed by atoms with van der Waals surface area (Å²) in [5.74, 6) is 0.719. The monoisotopic (exact) mass is 513 g/mol. The molecule has 33 heavy (non-hydrogen) atoms. The topological polar surface area (TPSA) is 85.7 Å². The second-order valence-electron chi connectivity index (χ2n) is 8.02. The van der Waals surface area contributed by atoms with Crippen molar-refractivity contribution in [3.05, 3.63) is 35.1 Å². The van der Waals surface area contributed by atoms with E-state index in [0.717, 1.165) is 29.9 Å². The number of carbonyl (C=O) groups is 2. The van der Waals surface area contributed by atoms with Crippen molar-refractivity contribution >= 4 is 54.7 Å². The molecule has 1 N–H and O–H groups in total. The Hall–Kier alpha value is -1.22. The van der Waals surface area contributed by atoms with Gasteiger partial charge in [-0.25, -0.2) is 4.98 Å². The van der Waals surface area contributed by atoms with Crippen molar-refractivity contribution in [1.82, 2.24) is 4.98 Å². The van der Waals surface area contributed by atoms with Crippen molar-refractivity contribution in [1.29, 1.82) is 0 Å². The summed E-state index contributed by atoms with van der Waals surface area (Å²) in [6.07, 6.45) is 7.82. The molecule has 0 aromatic carbocycles. The Labute approximate surface area is 211 Å². The van der Waals surface area contributed by atoms with Gasteiger partial charge in [-0.1, -0.05) is 36.0 Å². The maximum atomic E-state index is 11.4. The maximum Gasteiger partial charge on any atom is 0.305 e. The second kappa shape index (κ2) is 14.9. The molecule has 0 aliphatic heterocycles. The molecule has 2 rings (SSSR count). The number of aliphatic hydroxyl groups excluding tert-OH is 1. The summed E-state index contributed by atoms with van der Waals surface area (Å²) in [5.41, 5.74) is 0.602. The fourth-order valence-electron chi connectivity index (χ4n) is 3.77. The van der Waals surface area contributed by atoms with E-state index in [9.17, 15) is 9.59 Å². The lowest BCUT2D eigenvalue weighted by molar-refractivity contribution is -0.145. The van der Waals surface area contributed by atoms with E-state index in [1.807, 2.05) is 6.07 Å². The number of halogens is 2. The van der Waals surface area contributed by atoms with E-state index in [2.05, 4.69) is 17.1 Å². The van der Waals surface area contributed by atoms with Gasteiger partial charge in [0.2, 0.25) is 0 Å². The molecule has 0 amide bonds. The van der Waals surface area contributed by atoms with Crippen LogP contribution in [0.4, 0.5) is 0 Å². The highest BCUT2D eigenvalue weighted by molar-refractivity contribution is 7.99. The van der Waals surface area contributed by atoms with Crippen LogP contribution >= 0.6 is 35.0 Å². The molecule has 0 spiro atoms. The van der Waals surface area contributed by atoms with Gasteiger partial charge in [-0.15, -0.1) is 23.4 Å². The number of carbonyl (C=O) groups excluding carboxylic acids is 2. The van der Waals surface area contributed by atoms with Gasteiger partial charge in [0, 0.05) is 29.4 Å². The molecule has 1 fully saturated rings.